The second-order valence-electron chi connectivity index (χ2n) is 4.95. The Balaban J connectivity index is 2.24. The van der Waals surface area contributed by atoms with Gasteiger partial charge in [-0.1, -0.05) is 17.7 Å². The minimum absolute atomic E-state index is 0.343. The van der Waals surface area contributed by atoms with E-state index in [2.05, 4.69) is 4.99 Å². The monoisotopic (exact) mass is 320 g/mol. The Morgan fingerprint density at radius 2 is 2.09 bits per heavy atom. The van der Waals surface area contributed by atoms with Gasteiger partial charge in [0.2, 0.25) is 0 Å². The molecule has 5 heteroatoms. The van der Waals surface area contributed by atoms with Crippen LogP contribution in [-0.2, 0) is 0 Å². The summed E-state index contributed by atoms with van der Waals surface area (Å²) in [5.41, 5.74) is 1.55. The third-order valence-corrected chi connectivity index (χ3v) is 3.46. The van der Waals surface area contributed by atoms with Crippen molar-refractivity contribution in [3.63, 3.8) is 0 Å². The molecule has 0 saturated carbocycles. The zero-order chi connectivity index (χ0) is 16.1. The number of benzene rings is 2. The van der Waals surface area contributed by atoms with Crippen molar-refractivity contribution < 1.29 is 9.13 Å². The van der Waals surface area contributed by atoms with E-state index in [9.17, 15) is 4.39 Å². The van der Waals surface area contributed by atoms with E-state index in [0.717, 1.165) is 12.1 Å². The molecule has 0 spiro atoms. The Morgan fingerprint density at radius 1 is 1.32 bits per heavy atom. The summed E-state index contributed by atoms with van der Waals surface area (Å²) in [5.74, 6) is 0.671. The average Bonchev–Trinajstić information content (AvgIpc) is 2.49. The van der Waals surface area contributed by atoms with Crippen LogP contribution in [0.3, 0.4) is 0 Å². The predicted molar refractivity (Wildman–Crippen MR) is 89.1 cm³/mol. The number of aryl methyl sites for hydroxylation is 1. The largest absolute Gasteiger partial charge is 0.457 e. The lowest BCUT2D eigenvalue weighted by molar-refractivity contribution is 0.473. The van der Waals surface area contributed by atoms with Crippen molar-refractivity contribution in [1.29, 1.82) is 0 Å². The number of rotatable bonds is 5. The summed E-state index contributed by atoms with van der Waals surface area (Å²) in [7, 11) is 1.94. The van der Waals surface area contributed by atoms with Gasteiger partial charge in [0.25, 0.3) is 0 Å². The van der Waals surface area contributed by atoms with Crippen LogP contribution in [0, 0.1) is 12.7 Å². The molecule has 116 valence electrons. The molecule has 0 heterocycles. The molecular weight excluding hydrogens is 303 g/mol. The third-order valence-electron chi connectivity index (χ3n) is 3.16. The normalized spacial score (nSPS) is 11.0. The van der Waals surface area contributed by atoms with E-state index in [1.807, 2.05) is 31.9 Å². The molecule has 0 aromatic heterocycles. The highest BCUT2D eigenvalue weighted by molar-refractivity contribution is 6.33. The molecule has 0 N–H and O–H groups in total. The van der Waals surface area contributed by atoms with Crippen molar-refractivity contribution in [2.24, 2.45) is 4.99 Å². The first-order valence-corrected chi connectivity index (χ1v) is 7.35. The van der Waals surface area contributed by atoms with E-state index < -0.39 is 0 Å². The minimum Gasteiger partial charge on any atom is -0.457 e. The summed E-state index contributed by atoms with van der Waals surface area (Å²) >= 11 is 6.24. The van der Waals surface area contributed by atoms with Gasteiger partial charge in [-0.05, 0) is 37.6 Å². The summed E-state index contributed by atoms with van der Waals surface area (Å²) in [6.45, 7) is 4.79. The highest BCUT2D eigenvalue weighted by atomic mass is 35.5. The highest BCUT2D eigenvalue weighted by Gasteiger charge is 2.08. The maximum atomic E-state index is 13.2. The van der Waals surface area contributed by atoms with E-state index in [4.69, 9.17) is 16.3 Å². The van der Waals surface area contributed by atoms with Crippen LogP contribution in [0.4, 0.5) is 10.1 Å². The van der Waals surface area contributed by atoms with Crippen molar-refractivity contribution in [2.75, 3.05) is 13.6 Å². The fraction of sp³-hybridized carbons (Fsp3) is 0.235. The Bertz CT molecular complexity index is 688. The summed E-state index contributed by atoms with van der Waals surface area (Å²) in [6.07, 6.45) is 1.73. The fourth-order valence-corrected chi connectivity index (χ4v) is 1.96. The lowest BCUT2D eigenvalue weighted by Crippen LogP contribution is -2.14. The maximum Gasteiger partial charge on any atom is 0.131 e. The van der Waals surface area contributed by atoms with Gasteiger partial charge >= 0.3 is 0 Å². The number of halogens is 2. The molecule has 2 aromatic rings. The number of aliphatic imine (C=N–C) groups is 1. The molecular formula is C17H18ClFN2O. The molecule has 3 nitrogen and oxygen atoms in total. The van der Waals surface area contributed by atoms with Gasteiger partial charge in [-0.3, -0.25) is 0 Å². The van der Waals surface area contributed by atoms with Crippen LogP contribution in [-0.4, -0.2) is 24.8 Å². The van der Waals surface area contributed by atoms with E-state index in [1.54, 1.807) is 24.5 Å². The number of hydrogen-bond acceptors (Lipinski definition) is 2. The number of hydrogen-bond donors (Lipinski definition) is 0. The van der Waals surface area contributed by atoms with Gasteiger partial charge < -0.3 is 9.64 Å². The molecule has 0 unspecified atom stereocenters. The van der Waals surface area contributed by atoms with E-state index >= 15 is 0 Å². The molecule has 0 aliphatic heterocycles. The van der Waals surface area contributed by atoms with Crippen molar-refractivity contribution >= 4 is 23.6 Å². The zero-order valence-electron chi connectivity index (χ0n) is 12.8. The Labute approximate surface area is 135 Å². The highest BCUT2D eigenvalue weighted by Crippen LogP contribution is 2.34. The van der Waals surface area contributed by atoms with Crippen LogP contribution >= 0.6 is 11.6 Å². The van der Waals surface area contributed by atoms with Crippen LogP contribution in [0.1, 0.15) is 12.5 Å². The number of nitrogens with zero attached hydrogens (tertiary/aromatic N) is 2. The Hall–Kier alpha value is -2.07. The summed E-state index contributed by atoms with van der Waals surface area (Å²) in [6, 6.07) is 9.53. The SMILES string of the molecule is CCN(C)/C=N/c1cc(C)c(Oc2cccc(F)c2)cc1Cl. The first kappa shape index (κ1) is 16.3. The molecule has 0 saturated heterocycles. The van der Waals surface area contributed by atoms with Gasteiger partial charge in [0.05, 0.1) is 17.0 Å². The number of ether oxygens (including phenoxy) is 1. The van der Waals surface area contributed by atoms with Gasteiger partial charge in [0, 0.05) is 25.7 Å². The van der Waals surface area contributed by atoms with Gasteiger partial charge in [0.15, 0.2) is 0 Å². The molecule has 0 aliphatic rings. The Morgan fingerprint density at radius 3 is 2.77 bits per heavy atom. The van der Waals surface area contributed by atoms with Gasteiger partial charge in [-0.15, -0.1) is 0 Å². The summed E-state index contributed by atoms with van der Waals surface area (Å²) in [5, 5.41) is 0.484. The molecule has 0 fully saturated rings. The van der Waals surface area contributed by atoms with Crippen LogP contribution in [0.25, 0.3) is 0 Å². The second kappa shape index (κ2) is 7.27. The molecule has 0 amide bonds. The standard InChI is InChI=1S/C17H18ClFN2O/c1-4-21(3)11-20-16-8-12(2)17(10-15(16)18)22-14-7-5-6-13(19)9-14/h5-11H,4H2,1-3H3/b20-11+. The molecule has 2 aromatic carbocycles. The first-order chi connectivity index (χ1) is 10.5. The first-order valence-electron chi connectivity index (χ1n) is 6.97. The summed E-state index contributed by atoms with van der Waals surface area (Å²) in [4.78, 5) is 6.30. The molecule has 0 radical (unpaired) electrons. The molecule has 2 rings (SSSR count). The van der Waals surface area contributed by atoms with Crippen LogP contribution in [0.5, 0.6) is 11.5 Å². The van der Waals surface area contributed by atoms with Crippen molar-refractivity contribution in [1.82, 2.24) is 4.90 Å². The lowest BCUT2D eigenvalue weighted by atomic mass is 10.2. The quantitative estimate of drug-likeness (QED) is 0.559. The molecule has 0 aliphatic carbocycles. The van der Waals surface area contributed by atoms with Crippen LogP contribution in [0.2, 0.25) is 5.02 Å². The van der Waals surface area contributed by atoms with E-state index in [0.29, 0.717) is 22.2 Å². The zero-order valence-corrected chi connectivity index (χ0v) is 13.6. The van der Waals surface area contributed by atoms with Crippen LogP contribution < -0.4 is 4.74 Å². The lowest BCUT2D eigenvalue weighted by Gasteiger charge is -2.12. The van der Waals surface area contributed by atoms with E-state index in [1.165, 1.54) is 12.1 Å². The molecule has 0 atom stereocenters. The average molecular weight is 321 g/mol. The van der Waals surface area contributed by atoms with Gasteiger partial charge in [-0.25, -0.2) is 9.38 Å². The molecule has 0 bridgehead atoms. The fourth-order valence-electron chi connectivity index (χ4n) is 1.76. The predicted octanol–water partition coefficient (Wildman–Crippen LogP) is 5.19. The summed E-state index contributed by atoms with van der Waals surface area (Å²) < 4.78 is 18.9. The van der Waals surface area contributed by atoms with Crippen molar-refractivity contribution in [3.05, 3.63) is 52.8 Å². The smallest absolute Gasteiger partial charge is 0.131 e. The van der Waals surface area contributed by atoms with Crippen molar-refractivity contribution in [2.45, 2.75) is 13.8 Å². The van der Waals surface area contributed by atoms with Gasteiger partial charge in [-0.2, -0.15) is 0 Å². The second-order valence-corrected chi connectivity index (χ2v) is 5.35. The third kappa shape index (κ3) is 4.21. The van der Waals surface area contributed by atoms with Crippen LogP contribution in [0.15, 0.2) is 41.4 Å². The molecule has 22 heavy (non-hydrogen) atoms. The maximum absolute atomic E-state index is 13.2. The topological polar surface area (TPSA) is 24.8 Å². The Kier molecular flexibility index (Phi) is 5.39. The minimum atomic E-state index is -0.343. The van der Waals surface area contributed by atoms with E-state index in [-0.39, 0.29) is 5.82 Å². The van der Waals surface area contributed by atoms with Gasteiger partial charge in [0.1, 0.15) is 17.3 Å². The van der Waals surface area contributed by atoms with Crippen molar-refractivity contribution in [3.8, 4) is 11.5 Å².